The van der Waals surface area contributed by atoms with Gasteiger partial charge in [0.05, 0.1) is 0 Å². The highest BCUT2D eigenvalue weighted by atomic mass is 35.5. The number of aromatic amines is 1. The number of hydrogen-bond donors (Lipinski definition) is 2. The highest BCUT2D eigenvalue weighted by Gasteiger charge is 2.45. The average Bonchev–Trinajstić information content (AvgIpc) is 3.31. The van der Waals surface area contributed by atoms with Crippen LogP contribution in [-0.2, 0) is 11.2 Å². The summed E-state index contributed by atoms with van der Waals surface area (Å²) in [7, 11) is 0. The summed E-state index contributed by atoms with van der Waals surface area (Å²) in [5.41, 5.74) is 2.75. The Morgan fingerprint density at radius 1 is 1.25 bits per heavy atom. The van der Waals surface area contributed by atoms with Gasteiger partial charge in [-0.25, -0.2) is 4.98 Å². The fraction of sp³-hybridized carbons (Fsp3) is 0.333. The first-order chi connectivity index (χ1) is 13.5. The van der Waals surface area contributed by atoms with Crippen LogP contribution >= 0.6 is 11.6 Å². The number of benzene rings is 1. The minimum Gasteiger partial charge on any atom is -0.476 e. The fourth-order valence-electron chi connectivity index (χ4n) is 4.24. The number of rotatable bonds is 2. The van der Waals surface area contributed by atoms with E-state index in [1.165, 1.54) is 0 Å². The number of fused-ring (bicyclic) bond motifs is 2. The van der Waals surface area contributed by atoms with Gasteiger partial charge in [0.25, 0.3) is 5.91 Å². The molecule has 1 saturated heterocycles. The van der Waals surface area contributed by atoms with Gasteiger partial charge in [-0.05, 0) is 36.8 Å². The zero-order valence-electron chi connectivity index (χ0n) is 15.6. The van der Waals surface area contributed by atoms with Crippen LogP contribution < -0.4 is 10.1 Å². The summed E-state index contributed by atoms with van der Waals surface area (Å²) in [6.07, 6.45) is 4.15. The quantitative estimate of drug-likeness (QED) is 0.698. The fourth-order valence-corrected chi connectivity index (χ4v) is 4.48. The summed E-state index contributed by atoms with van der Waals surface area (Å²) in [4.78, 5) is 22.6. The largest absolute Gasteiger partial charge is 0.476 e. The highest BCUT2D eigenvalue weighted by molar-refractivity contribution is 6.31. The third-order valence-corrected chi connectivity index (χ3v) is 5.81. The Labute approximate surface area is 167 Å². The lowest BCUT2D eigenvalue weighted by molar-refractivity contribution is -0.146. The molecule has 0 radical (unpaired) electrons. The van der Waals surface area contributed by atoms with E-state index in [1.54, 1.807) is 6.20 Å². The SMILES string of the molecule is CC1(C(=O)N2CCNCC2)Cc2cc(Cl)cc(-c3ccnc4[nH]ccc34)c2O1. The number of ether oxygens (including phenoxy) is 1. The summed E-state index contributed by atoms with van der Waals surface area (Å²) in [5.74, 6) is 0.776. The molecule has 1 amide bonds. The maximum absolute atomic E-state index is 13.2. The van der Waals surface area contributed by atoms with Crippen LogP contribution in [0, 0.1) is 0 Å². The predicted octanol–water partition coefficient (Wildman–Crippen LogP) is 3.01. The van der Waals surface area contributed by atoms with Gasteiger partial charge in [-0.1, -0.05) is 11.6 Å². The van der Waals surface area contributed by atoms with Crippen molar-refractivity contribution in [2.24, 2.45) is 0 Å². The molecule has 6 nitrogen and oxygen atoms in total. The average molecular weight is 397 g/mol. The van der Waals surface area contributed by atoms with Gasteiger partial charge in [0, 0.05) is 66.5 Å². The number of carbonyl (C=O) groups is 1. The number of aromatic nitrogens is 2. The first-order valence-corrected chi connectivity index (χ1v) is 9.87. The molecule has 2 N–H and O–H groups in total. The molecule has 0 aliphatic carbocycles. The molecule has 1 fully saturated rings. The topological polar surface area (TPSA) is 70.2 Å². The van der Waals surface area contributed by atoms with Crippen LogP contribution in [0.25, 0.3) is 22.2 Å². The van der Waals surface area contributed by atoms with E-state index in [4.69, 9.17) is 16.3 Å². The normalized spacial score (nSPS) is 21.6. The lowest BCUT2D eigenvalue weighted by Gasteiger charge is -2.34. The number of pyridine rings is 1. The number of carbonyl (C=O) groups excluding carboxylic acids is 1. The lowest BCUT2D eigenvalue weighted by atomic mass is 9.95. The Bertz CT molecular complexity index is 1070. The Morgan fingerprint density at radius 2 is 2.07 bits per heavy atom. The zero-order valence-corrected chi connectivity index (χ0v) is 16.3. The van der Waals surface area contributed by atoms with Gasteiger partial charge in [-0.15, -0.1) is 0 Å². The second-order valence-corrected chi connectivity index (χ2v) is 8.03. The smallest absolute Gasteiger partial charge is 0.266 e. The molecule has 0 bridgehead atoms. The van der Waals surface area contributed by atoms with E-state index in [-0.39, 0.29) is 5.91 Å². The monoisotopic (exact) mass is 396 g/mol. The van der Waals surface area contributed by atoms with Crippen molar-refractivity contribution in [1.29, 1.82) is 0 Å². The van der Waals surface area contributed by atoms with Crippen molar-refractivity contribution >= 4 is 28.5 Å². The van der Waals surface area contributed by atoms with Crippen molar-refractivity contribution in [1.82, 2.24) is 20.2 Å². The number of halogens is 1. The highest BCUT2D eigenvalue weighted by Crippen LogP contribution is 2.46. The summed E-state index contributed by atoms with van der Waals surface area (Å²) < 4.78 is 6.37. The van der Waals surface area contributed by atoms with Crippen molar-refractivity contribution in [3.8, 4) is 16.9 Å². The third-order valence-electron chi connectivity index (χ3n) is 5.59. The molecule has 2 aromatic heterocycles. The van der Waals surface area contributed by atoms with Gasteiger partial charge in [0.2, 0.25) is 0 Å². The number of H-pyrrole nitrogens is 1. The summed E-state index contributed by atoms with van der Waals surface area (Å²) in [6.45, 7) is 4.92. The Balaban J connectivity index is 1.57. The minimum atomic E-state index is -0.913. The molecule has 1 aromatic carbocycles. The van der Waals surface area contributed by atoms with Crippen LogP contribution in [0.1, 0.15) is 12.5 Å². The molecule has 1 unspecified atom stereocenters. The van der Waals surface area contributed by atoms with Gasteiger partial charge >= 0.3 is 0 Å². The number of amides is 1. The Hall–Kier alpha value is -2.57. The van der Waals surface area contributed by atoms with Crippen molar-refractivity contribution in [3.05, 3.63) is 47.2 Å². The van der Waals surface area contributed by atoms with Crippen LogP contribution in [0.5, 0.6) is 5.75 Å². The molecule has 144 valence electrons. The van der Waals surface area contributed by atoms with Gasteiger partial charge in [-0.2, -0.15) is 0 Å². The van der Waals surface area contributed by atoms with E-state index >= 15 is 0 Å². The second-order valence-electron chi connectivity index (χ2n) is 7.59. The molecular weight excluding hydrogens is 376 g/mol. The van der Waals surface area contributed by atoms with Crippen LogP contribution in [-0.4, -0.2) is 52.6 Å². The van der Waals surface area contributed by atoms with Crippen LogP contribution in [0.2, 0.25) is 5.02 Å². The van der Waals surface area contributed by atoms with Crippen molar-refractivity contribution in [2.75, 3.05) is 26.2 Å². The predicted molar refractivity (Wildman–Crippen MR) is 109 cm³/mol. The Morgan fingerprint density at radius 3 is 2.89 bits per heavy atom. The molecule has 4 heterocycles. The molecule has 5 rings (SSSR count). The number of piperazine rings is 1. The molecule has 2 aliphatic rings. The second kappa shape index (κ2) is 6.50. The van der Waals surface area contributed by atoms with E-state index < -0.39 is 5.60 Å². The molecule has 0 spiro atoms. The summed E-state index contributed by atoms with van der Waals surface area (Å²) >= 11 is 6.44. The first kappa shape index (κ1) is 17.5. The molecule has 7 heteroatoms. The van der Waals surface area contributed by atoms with Crippen molar-refractivity contribution < 1.29 is 9.53 Å². The standard InChI is InChI=1S/C21H21ClN4O2/c1-21(20(27)26-8-6-23-7-9-26)12-13-10-14(22)11-17(18(13)28-21)15-2-4-24-19-16(15)3-5-25-19/h2-5,10-11,23H,6-9,12H2,1H3,(H,24,25). The van der Waals surface area contributed by atoms with E-state index in [2.05, 4.69) is 15.3 Å². The number of hydrogen-bond acceptors (Lipinski definition) is 4. The van der Waals surface area contributed by atoms with Gasteiger partial charge < -0.3 is 19.9 Å². The maximum Gasteiger partial charge on any atom is 0.266 e. The third kappa shape index (κ3) is 2.75. The minimum absolute atomic E-state index is 0.0359. The van der Waals surface area contributed by atoms with Crippen LogP contribution in [0.4, 0.5) is 0 Å². The number of nitrogens with zero attached hydrogens (tertiary/aromatic N) is 2. The van der Waals surface area contributed by atoms with Crippen molar-refractivity contribution in [2.45, 2.75) is 18.9 Å². The molecule has 0 saturated carbocycles. The molecular formula is C21H21ClN4O2. The summed E-state index contributed by atoms with van der Waals surface area (Å²) in [6, 6.07) is 7.76. The van der Waals surface area contributed by atoms with Gasteiger partial charge in [0.15, 0.2) is 5.60 Å². The summed E-state index contributed by atoms with van der Waals surface area (Å²) in [5, 5.41) is 4.91. The van der Waals surface area contributed by atoms with Crippen LogP contribution in [0.15, 0.2) is 36.7 Å². The molecule has 28 heavy (non-hydrogen) atoms. The molecule has 2 aliphatic heterocycles. The van der Waals surface area contributed by atoms with Gasteiger partial charge in [-0.3, -0.25) is 4.79 Å². The van der Waals surface area contributed by atoms with E-state index in [1.807, 2.05) is 42.3 Å². The Kier molecular flexibility index (Phi) is 4.07. The van der Waals surface area contributed by atoms with E-state index in [0.717, 1.165) is 46.6 Å². The first-order valence-electron chi connectivity index (χ1n) is 9.49. The van der Waals surface area contributed by atoms with Crippen molar-refractivity contribution in [3.63, 3.8) is 0 Å². The van der Waals surface area contributed by atoms with E-state index in [9.17, 15) is 4.79 Å². The number of nitrogens with one attached hydrogen (secondary N) is 2. The zero-order chi connectivity index (χ0) is 19.3. The molecule has 3 aromatic rings. The van der Waals surface area contributed by atoms with Crippen LogP contribution in [0.3, 0.4) is 0 Å². The van der Waals surface area contributed by atoms with Gasteiger partial charge in [0.1, 0.15) is 11.4 Å². The lowest BCUT2D eigenvalue weighted by Crippen LogP contribution is -2.55. The maximum atomic E-state index is 13.2. The van der Waals surface area contributed by atoms with E-state index in [0.29, 0.717) is 24.5 Å². The molecule has 1 atom stereocenters.